The first-order chi connectivity index (χ1) is 11.9. The number of nitrogens with two attached hydrogens (primary N) is 1. The van der Waals surface area contributed by atoms with Crippen LogP contribution in [-0.4, -0.2) is 34.3 Å². The number of benzene rings is 1. The highest BCUT2D eigenvalue weighted by molar-refractivity contribution is 7.15. The second-order valence-corrected chi connectivity index (χ2v) is 8.38. The van der Waals surface area contributed by atoms with Crippen LogP contribution in [0.2, 0.25) is 0 Å². The summed E-state index contributed by atoms with van der Waals surface area (Å²) in [5, 5.41) is 0.844. The third kappa shape index (κ3) is 2.65. The number of hydrogen-bond acceptors (Lipinski definition) is 4. The van der Waals surface area contributed by atoms with Gasteiger partial charge in [-0.05, 0) is 55.7 Å². The topological polar surface area (TPSA) is 76.3 Å². The van der Waals surface area contributed by atoms with Crippen molar-refractivity contribution in [1.29, 1.82) is 0 Å². The van der Waals surface area contributed by atoms with E-state index in [2.05, 4.69) is 31.0 Å². The van der Waals surface area contributed by atoms with Crippen molar-refractivity contribution in [2.75, 3.05) is 6.54 Å². The summed E-state index contributed by atoms with van der Waals surface area (Å²) in [6, 6.07) is 5.70. The second-order valence-electron chi connectivity index (χ2n) is 7.17. The van der Waals surface area contributed by atoms with Crippen LogP contribution in [-0.2, 0) is 4.79 Å². The molecule has 2 amide bonds. The van der Waals surface area contributed by atoms with E-state index < -0.39 is 11.9 Å². The van der Waals surface area contributed by atoms with Gasteiger partial charge in [0.25, 0.3) is 5.91 Å². The number of carbonyl (C=O) groups excluding carboxylic acids is 2. The maximum Gasteiger partial charge on any atom is 0.274 e. The molecule has 5 nitrogen and oxygen atoms in total. The Morgan fingerprint density at radius 1 is 1.24 bits per heavy atom. The molecular weight excluding hydrogens is 334 g/mol. The van der Waals surface area contributed by atoms with Crippen molar-refractivity contribution in [2.24, 2.45) is 17.6 Å². The molecule has 1 unspecified atom stereocenters. The van der Waals surface area contributed by atoms with Crippen LogP contribution in [0.4, 0.5) is 0 Å². The molecular formula is C19H21N3O2S. The third-order valence-corrected chi connectivity index (χ3v) is 6.43. The molecule has 0 radical (unpaired) electrons. The molecule has 3 atom stereocenters. The molecule has 1 aliphatic heterocycles. The van der Waals surface area contributed by atoms with Crippen molar-refractivity contribution in [3.05, 3.63) is 40.0 Å². The van der Waals surface area contributed by atoms with E-state index in [0.29, 0.717) is 18.2 Å². The average Bonchev–Trinajstić information content (AvgIpc) is 3.03. The van der Waals surface area contributed by atoms with Gasteiger partial charge in [0.05, 0.1) is 9.88 Å². The summed E-state index contributed by atoms with van der Waals surface area (Å²) in [7, 11) is 0. The zero-order chi connectivity index (χ0) is 17.9. The van der Waals surface area contributed by atoms with E-state index in [1.807, 2.05) is 13.0 Å². The summed E-state index contributed by atoms with van der Waals surface area (Å²) < 4.78 is 0. The zero-order valence-corrected chi connectivity index (χ0v) is 15.4. The number of primary amides is 1. The van der Waals surface area contributed by atoms with Crippen LogP contribution < -0.4 is 5.73 Å². The van der Waals surface area contributed by atoms with Gasteiger partial charge >= 0.3 is 0 Å². The smallest absolute Gasteiger partial charge is 0.274 e. The Labute approximate surface area is 150 Å². The molecule has 1 saturated heterocycles. The highest BCUT2D eigenvalue weighted by Gasteiger charge is 2.56. The van der Waals surface area contributed by atoms with Crippen LogP contribution in [0.1, 0.15) is 33.0 Å². The Hall–Kier alpha value is -2.21. The van der Waals surface area contributed by atoms with Crippen LogP contribution in [0.5, 0.6) is 0 Å². The largest absolute Gasteiger partial charge is 0.368 e. The number of thiazole rings is 1. The summed E-state index contributed by atoms with van der Waals surface area (Å²) >= 11 is 1.52. The predicted octanol–water partition coefficient (Wildman–Crippen LogP) is 2.68. The van der Waals surface area contributed by atoms with E-state index >= 15 is 0 Å². The van der Waals surface area contributed by atoms with Crippen LogP contribution in [0.3, 0.4) is 0 Å². The van der Waals surface area contributed by atoms with Crippen LogP contribution in [0.15, 0.2) is 18.2 Å². The molecule has 0 bridgehead atoms. The molecule has 130 valence electrons. The van der Waals surface area contributed by atoms with Crippen molar-refractivity contribution >= 4 is 23.2 Å². The fourth-order valence-electron chi connectivity index (χ4n) is 3.83. The fraction of sp³-hybridized carbons (Fsp3) is 0.421. The van der Waals surface area contributed by atoms with Crippen molar-refractivity contribution in [3.63, 3.8) is 0 Å². The van der Waals surface area contributed by atoms with Gasteiger partial charge in [-0.1, -0.05) is 18.2 Å². The van der Waals surface area contributed by atoms with Gasteiger partial charge in [0.2, 0.25) is 5.91 Å². The second kappa shape index (κ2) is 5.66. The van der Waals surface area contributed by atoms with Crippen LogP contribution >= 0.6 is 11.3 Å². The highest BCUT2D eigenvalue weighted by atomic mass is 32.1. The lowest BCUT2D eigenvalue weighted by Crippen LogP contribution is -2.46. The number of amides is 2. The predicted molar refractivity (Wildman–Crippen MR) is 97.4 cm³/mol. The molecule has 2 fully saturated rings. The number of hydrogen-bond donors (Lipinski definition) is 1. The molecule has 1 aliphatic carbocycles. The Morgan fingerprint density at radius 3 is 2.68 bits per heavy atom. The molecule has 1 aromatic heterocycles. The van der Waals surface area contributed by atoms with Gasteiger partial charge in [-0.3, -0.25) is 9.59 Å². The van der Waals surface area contributed by atoms with Crippen molar-refractivity contribution in [1.82, 2.24) is 9.88 Å². The van der Waals surface area contributed by atoms with Gasteiger partial charge in [0.1, 0.15) is 11.7 Å². The number of rotatable bonds is 3. The summed E-state index contributed by atoms with van der Waals surface area (Å²) in [5.74, 6) is 0.0871. The maximum atomic E-state index is 13.1. The van der Waals surface area contributed by atoms with Gasteiger partial charge in [0, 0.05) is 6.54 Å². The lowest BCUT2D eigenvalue weighted by Gasteiger charge is -2.24. The average molecular weight is 355 g/mol. The summed E-state index contributed by atoms with van der Waals surface area (Å²) in [6.45, 7) is 6.64. The standard InChI is InChI=1S/C19H21N3O2S/c1-9-4-5-12(6-10(9)2)17-15(21-11(3)25-17)19(24)22-8-13-7-14(13)16(22)18(20)23/h4-6,13-14,16H,7-8H2,1-3H3,(H2,20,23)/t13?,14-,16-/m0/s1. The molecule has 2 aliphatic rings. The minimum absolute atomic E-state index is 0.173. The van der Waals surface area contributed by atoms with Crippen molar-refractivity contribution < 1.29 is 9.59 Å². The monoisotopic (exact) mass is 355 g/mol. The Balaban J connectivity index is 1.72. The molecule has 4 rings (SSSR count). The van der Waals surface area contributed by atoms with E-state index in [1.165, 1.54) is 22.5 Å². The molecule has 0 spiro atoms. The van der Waals surface area contributed by atoms with Gasteiger partial charge in [0.15, 0.2) is 0 Å². The minimum atomic E-state index is -0.480. The number of nitrogens with zero attached hydrogens (tertiary/aromatic N) is 2. The number of fused-ring (bicyclic) bond motifs is 1. The van der Waals surface area contributed by atoms with Crippen molar-refractivity contribution in [3.8, 4) is 10.4 Å². The summed E-state index contributed by atoms with van der Waals surface area (Å²) in [5.41, 5.74) is 9.40. The first-order valence-electron chi connectivity index (χ1n) is 8.52. The van der Waals surface area contributed by atoms with E-state index in [0.717, 1.165) is 21.9 Å². The highest BCUT2D eigenvalue weighted by Crippen LogP contribution is 2.50. The van der Waals surface area contributed by atoms with Gasteiger partial charge in [-0.15, -0.1) is 11.3 Å². The normalized spacial score (nSPS) is 24.3. The number of aromatic nitrogens is 1. The maximum absolute atomic E-state index is 13.1. The summed E-state index contributed by atoms with van der Waals surface area (Å²) in [6.07, 6.45) is 0.998. The van der Waals surface area contributed by atoms with Crippen LogP contribution in [0, 0.1) is 32.6 Å². The first kappa shape index (κ1) is 16.3. The Morgan fingerprint density at radius 2 is 2.00 bits per heavy atom. The number of aryl methyl sites for hydroxylation is 3. The molecule has 2 aromatic rings. The molecule has 2 heterocycles. The number of carbonyl (C=O) groups is 2. The third-order valence-electron chi connectivity index (χ3n) is 5.41. The van der Waals surface area contributed by atoms with Gasteiger partial charge < -0.3 is 10.6 Å². The fourth-order valence-corrected chi connectivity index (χ4v) is 4.73. The van der Waals surface area contributed by atoms with Gasteiger partial charge in [-0.2, -0.15) is 0 Å². The lowest BCUT2D eigenvalue weighted by molar-refractivity contribution is -0.122. The molecule has 1 aromatic carbocycles. The SMILES string of the molecule is Cc1nc(C(=O)N2CC3C[C@@H]3[C@H]2C(N)=O)c(-c2ccc(C)c(C)c2)s1. The molecule has 25 heavy (non-hydrogen) atoms. The first-order valence-corrected chi connectivity index (χ1v) is 9.34. The van der Waals surface area contributed by atoms with Crippen molar-refractivity contribution in [2.45, 2.75) is 33.2 Å². The summed E-state index contributed by atoms with van der Waals surface area (Å²) in [4.78, 5) is 32.0. The van der Waals surface area contributed by atoms with E-state index in [9.17, 15) is 9.59 Å². The zero-order valence-electron chi connectivity index (χ0n) is 14.6. The van der Waals surface area contributed by atoms with Gasteiger partial charge in [-0.25, -0.2) is 4.98 Å². The van der Waals surface area contributed by atoms with E-state index in [1.54, 1.807) is 4.90 Å². The molecule has 1 saturated carbocycles. The quantitative estimate of drug-likeness (QED) is 0.920. The number of piperidine rings is 1. The Kier molecular flexibility index (Phi) is 3.68. The molecule has 6 heteroatoms. The van der Waals surface area contributed by atoms with E-state index in [-0.39, 0.29) is 11.8 Å². The Bertz CT molecular complexity index is 889. The molecule has 2 N–H and O–H groups in total. The number of likely N-dealkylation sites (tertiary alicyclic amines) is 1. The van der Waals surface area contributed by atoms with Crippen LogP contribution in [0.25, 0.3) is 10.4 Å². The lowest BCUT2D eigenvalue weighted by atomic mass is 10.0. The minimum Gasteiger partial charge on any atom is -0.368 e. The van der Waals surface area contributed by atoms with E-state index in [4.69, 9.17) is 5.73 Å².